The van der Waals surface area contributed by atoms with Gasteiger partial charge in [0.1, 0.15) is 0 Å². The van der Waals surface area contributed by atoms with E-state index in [0.29, 0.717) is 5.92 Å². The van der Waals surface area contributed by atoms with Gasteiger partial charge >= 0.3 is 0 Å². The molecule has 0 bridgehead atoms. The van der Waals surface area contributed by atoms with Crippen molar-refractivity contribution >= 4 is 0 Å². The number of nitrogens with zero attached hydrogens (tertiary/aromatic N) is 1. The van der Waals surface area contributed by atoms with Crippen LogP contribution < -0.4 is 5.73 Å². The summed E-state index contributed by atoms with van der Waals surface area (Å²) < 4.78 is 0. The zero-order valence-corrected chi connectivity index (χ0v) is 4.60. The minimum atomic E-state index is -0.148. The van der Waals surface area contributed by atoms with Gasteiger partial charge in [-0.15, -0.1) is 5.73 Å². The minimum Gasteiger partial charge on any atom is -0.141 e. The van der Waals surface area contributed by atoms with Crippen LogP contribution >= 0.6 is 0 Å². The van der Waals surface area contributed by atoms with Crippen LogP contribution in [0.3, 0.4) is 0 Å². The van der Waals surface area contributed by atoms with Crippen LogP contribution in [0.15, 0.2) is 0 Å². The van der Waals surface area contributed by atoms with Gasteiger partial charge in [-0.05, 0) is 12.8 Å². The van der Waals surface area contributed by atoms with Gasteiger partial charge in [0.15, 0.2) is 0 Å². The lowest BCUT2D eigenvalue weighted by molar-refractivity contribution is 0.516. The van der Waals surface area contributed by atoms with E-state index in [1.165, 1.54) is 0 Å². The summed E-state index contributed by atoms with van der Waals surface area (Å²) in [4.78, 5) is 0. The smallest absolute Gasteiger partial charge is 0.0428 e. The van der Waals surface area contributed by atoms with Gasteiger partial charge < -0.3 is 0 Å². The lowest BCUT2D eigenvalue weighted by Gasteiger charge is -2.02. The molecule has 1 heteroatoms. The van der Waals surface area contributed by atoms with Crippen LogP contribution in [0.2, 0.25) is 0 Å². The van der Waals surface area contributed by atoms with Crippen molar-refractivity contribution in [3.05, 3.63) is 0 Å². The maximum Gasteiger partial charge on any atom is 0.0428 e. The highest BCUT2D eigenvalue weighted by atomic mass is 14.6. The van der Waals surface area contributed by atoms with E-state index in [1.54, 1.807) is 6.92 Å². The molecule has 0 N–H and O–H groups in total. The Morgan fingerprint density at radius 1 is 1.17 bits per heavy atom. The fourth-order valence-electron chi connectivity index (χ4n) is 0. The fourth-order valence-corrected chi connectivity index (χ4v) is 0. The number of rotatable bonds is 1. The first-order valence-corrected chi connectivity index (χ1v) is 2.32. The summed E-state index contributed by atoms with van der Waals surface area (Å²) in [6, 6.07) is -0.148. The van der Waals surface area contributed by atoms with Crippen molar-refractivity contribution in [2.24, 2.45) is 5.92 Å². The number of hydrogen-bond acceptors (Lipinski definition) is 0. The van der Waals surface area contributed by atoms with E-state index in [0.717, 1.165) is 0 Å². The molecule has 6 heavy (non-hydrogen) atoms. The van der Waals surface area contributed by atoms with Gasteiger partial charge in [0, 0.05) is 6.04 Å². The zero-order valence-electron chi connectivity index (χ0n) is 4.60. The first kappa shape index (κ1) is 5.96. The Morgan fingerprint density at radius 3 is 1.33 bits per heavy atom. The SMILES string of the molecule is CC(C)C(C)[N]. The highest BCUT2D eigenvalue weighted by Gasteiger charge is 1.98. The number of hydrogen-bond donors (Lipinski definition) is 0. The lowest BCUT2D eigenvalue weighted by Crippen LogP contribution is -2.10. The third-order valence-corrected chi connectivity index (χ3v) is 0.965. The molecule has 0 aromatic rings. The van der Waals surface area contributed by atoms with Crippen molar-refractivity contribution < 1.29 is 0 Å². The summed E-state index contributed by atoms with van der Waals surface area (Å²) in [5.41, 5.74) is 8.63. The van der Waals surface area contributed by atoms with Crippen LogP contribution in [0.1, 0.15) is 20.8 Å². The predicted molar refractivity (Wildman–Crippen MR) is 26.4 cm³/mol. The van der Waals surface area contributed by atoms with E-state index in [2.05, 4.69) is 0 Å². The van der Waals surface area contributed by atoms with Gasteiger partial charge in [0.2, 0.25) is 0 Å². The van der Waals surface area contributed by atoms with E-state index < -0.39 is 0 Å². The Hall–Kier alpha value is -0.0400. The van der Waals surface area contributed by atoms with Crippen LogP contribution in [0.5, 0.6) is 0 Å². The molecule has 36 valence electrons. The zero-order chi connectivity index (χ0) is 5.15. The van der Waals surface area contributed by atoms with Crippen LogP contribution in [-0.4, -0.2) is 6.04 Å². The predicted octanol–water partition coefficient (Wildman–Crippen LogP) is 1.10. The molecule has 2 radical (unpaired) electrons. The molecule has 0 saturated carbocycles. The summed E-state index contributed by atoms with van der Waals surface area (Å²) >= 11 is 0. The Morgan fingerprint density at radius 2 is 1.33 bits per heavy atom. The van der Waals surface area contributed by atoms with Crippen LogP contribution in [-0.2, 0) is 0 Å². The monoisotopic (exact) mass is 85.1 g/mol. The standard InChI is InChI=1S/C5H11N/c1-4(2)5(3)6/h4-5H,1-3H3. The molecule has 1 nitrogen and oxygen atoms in total. The molecule has 0 aromatic carbocycles. The topological polar surface area (TPSA) is 22.3 Å². The molecule has 0 aliphatic heterocycles. The quantitative estimate of drug-likeness (QED) is 0.455. The second-order valence-corrected chi connectivity index (χ2v) is 1.98. The van der Waals surface area contributed by atoms with Crippen molar-refractivity contribution in [1.29, 1.82) is 0 Å². The Bertz CT molecular complexity index is 24.9. The molecule has 0 rings (SSSR count). The molecular weight excluding hydrogens is 74.1 g/mol. The van der Waals surface area contributed by atoms with Gasteiger partial charge in [-0.2, -0.15) is 0 Å². The second kappa shape index (κ2) is 2.19. The van der Waals surface area contributed by atoms with Crippen LogP contribution in [0.25, 0.3) is 0 Å². The molecule has 0 heterocycles. The third kappa shape index (κ3) is 2.21. The molecule has 1 atom stereocenters. The maximum absolute atomic E-state index is 8.63. The van der Waals surface area contributed by atoms with Crippen molar-refractivity contribution in [2.75, 3.05) is 0 Å². The third-order valence-electron chi connectivity index (χ3n) is 0.965. The van der Waals surface area contributed by atoms with E-state index in [9.17, 15) is 0 Å². The summed E-state index contributed by atoms with van der Waals surface area (Å²) in [7, 11) is 0. The van der Waals surface area contributed by atoms with E-state index in [-0.39, 0.29) is 6.04 Å². The van der Waals surface area contributed by atoms with E-state index in [4.69, 9.17) is 5.73 Å². The molecule has 0 aliphatic carbocycles. The summed E-state index contributed by atoms with van der Waals surface area (Å²) in [6.07, 6.45) is 0. The highest BCUT2D eigenvalue weighted by molar-refractivity contribution is 4.54. The minimum absolute atomic E-state index is 0.148. The molecule has 0 amide bonds. The van der Waals surface area contributed by atoms with E-state index in [1.807, 2.05) is 13.8 Å². The normalized spacial score (nSPS) is 15.5. The highest BCUT2D eigenvalue weighted by Crippen LogP contribution is 1.95. The van der Waals surface area contributed by atoms with Gasteiger partial charge in [-0.1, -0.05) is 13.8 Å². The van der Waals surface area contributed by atoms with Gasteiger partial charge in [0.05, 0.1) is 0 Å². The van der Waals surface area contributed by atoms with E-state index >= 15 is 0 Å². The fraction of sp³-hybridized carbons (Fsp3) is 1.00. The average molecular weight is 85.2 g/mol. The van der Waals surface area contributed by atoms with Gasteiger partial charge in [0.25, 0.3) is 0 Å². The molecule has 0 aliphatic rings. The Labute approximate surface area is 39.5 Å². The van der Waals surface area contributed by atoms with Crippen molar-refractivity contribution in [2.45, 2.75) is 26.8 Å². The Kier molecular flexibility index (Phi) is 2.18. The van der Waals surface area contributed by atoms with Crippen LogP contribution in [0.4, 0.5) is 0 Å². The first-order valence-electron chi connectivity index (χ1n) is 2.32. The molecule has 0 spiro atoms. The summed E-state index contributed by atoms with van der Waals surface area (Å²) in [6.45, 7) is 5.78. The Balaban J connectivity index is 2.99. The molecule has 0 saturated heterocycles. The van der Waals surface area contributed by atoms with Crippen molar-refractivity contribution in [3.8, 4) is 0 Å². The maximum atomic E-state index is 8.63. The van der Waals surface area contributed by atoms with Gasteiger partial charge in [-0.3, -0.25) is 0 Å². The first-order chi connectivity index (χ1) is 2.64. The summed E-state index contributed by atoms with van der Waals surface area (Å²) in [5, 5.41) is 0. The summed E-state index contributed by atoms with van der Waals surface area (Å²) in [5.74, 6) is 0.407. The van der Waals surface area contributed by atoms with Gasteiger partial charge in [-0.25, -0.2) is 0 Å². The molecule has 1 unspecified atom stereocenters. The molecule has 0 aromatic heterocycles. The van der Waals surface area contributed by atoms with Crippen LogP contribution in [0, 0.1) is 5.92 Å². The van der Waals surface area contributed by atoms with Crippen molar-refractivity contribution in [3.63, 3.8) is 0 Å². The molecular formula is C5H11N. The molecule has 0 fully saturated rings. The second-order valence-electron chi connectivity index (χ2n) is 1.98. The van der Waals surface area contributed by atoms with Crippen molar-refractivity contribution in [1.82, 2.24) is 5.73 Å². The average Bonchev–Trinajstić information content (AvgIpc) is 1.36. The lowest BCUT2D eigenvalue weighted by atomic mass is 10.1. The largest absolute Gasteiger partial charge is 0.141 e.